The fraction of sp³-hybridized carbons (Fsp3) is 0.269. The summed E-state index contributed by atoms with van der Waals surface area (Å²) in [7, 11) is 1.60. The summed E-state index contributed by atoms with van der Waals surface area (Å²) in [5.41, 5.74) is 3.06. The summed E-state index contributed by atoms with van der Waals surface area (Å²) in [5.74, 6) is 0.422. The molecule has 2 amide bonds. The van der Waals surface area contributed by atoms with Crippen LogP contribution >= 0.6 is 0 Å². The Kier molecular flexibility index (Phi) is 7.51. The second-order valence-electron chi connectivity index (χ2n) is 8.10. The molecule has 2 atom stereocenters. The topological polar surface area (TPSA) is 101 Å². The quantitative estimate of drug-likeness (QED) is 0.535. The van der Waals surface area contributed by atoms with Crippen LogP contribution in [0.25, 0.3) is 0 Å². The van der Waals surface area contributed by atoms with Crippen molar-refractivity contribution in [1.29, 1.82) is 0 Å². The average Bonchev–Trinajstić information content (AvgIpc) is 2.86. The highest BCUT2D eigenvalue weighted by atomic mass is 16.5. The van der Waals surface area contributed by atoms with E-state index in [0.29, 0.717) is 17.8 Å². The molecule has 1 aliphatic heterocycles. The lowest BCUT2D eigenvalue weighted by molar-refractivity contribution is -0.155. The number of nitrogens with zero attached hydrogens (tertiary/aromatic N) is 2. The summed E-state index contributed by atoms with van der Waals surface area (Å²) in [5, 5.41) is 13.9. The molecule has 1 aromatic heterocycles. The lowest BCUT2D eigenvalue weighted by Gasteiger charge is -2.38. The summed E-state index contributed by atoms with van der Waals surface area (Å²) in [6.45, 7) is 0.595. The number of amides is 2. The molecule has 2 aromatic carbocycles. The van der Waals surface area contributed by atoms with Crippen molar-refractivity contribution < 1.29 is 24.2 Å². The number of carbonyl (C=O) groups excluding carboxylic acids is 2. The molecule has 0 saturated carbocycles. The Bertz CT molecular complexity index is 1100. The molecule has 3 aromatic rings. The summed E-state index contributed by atoms with van der Waals surface area (Å²) < 4.78 is 10.6. The van der Waals surface area contributed by atoms with Gasteiger partial charge < -0.3 is 24.8 Å². The maximum atomic E-state index is 12.5. The van der Waals surface area contributed by atoms with Crippen LogP contribution in [0, 0.1) is 0 Å². The molecule has 2 unspecified atom stereocenters. The van der Waals surface area contributed by atoms with Gasteiger partial charge in [-0.2, -0.15) is 0 Å². The fourth-order valence-electron chi connectivity index (χ4n) is 3.90. The summed E-state index contributed by atoms with van der Waals surface area (Å²) in [6.07, 6.45) is 2.65. The molecular weight excluding hydrogens is 434 g/mol. The Morgan fingerprint density at radius 2 is 1.82 bits per heavy atom. The van der Waals surface area contributed by atoms with Crippen molar-refractivity contribution in [3.8, 4) is 5.75 Å². The number of methoxy groups -OCH3 is 1. The van der Waals surface area contributed by atoms with Crippen LogP contribution in [0.3, 0.4) is 0 Å². The maximum absolute atomic E-state index is 12.5. The molecule has 34 heavy (non-hydrogen) atoms. The number of nitrogens with one attached hydrogen (secondary N) is 1. The third-order valence-corrected chi connectivity index (χ3v) is 5.76. The van der Waals surface area contributed by atoms with Crippen molar-refractivity contribution in [3.63, 3.8) is 0 Å². The van der Waals surface area contributed by atoms with E-state index in [1.54, 1.807) is 48.7 Å². The Morgan fingerprint density at radius 1 is 1.12 bits per heavy atom. The Balaban J connectivity index is 1.39. The van der Waals surface area contributed by atoms with Crippen molar-refractivity contribution in [2.75, 3.05) is 25.6 Å². The van der Waals surface area contributed by atoms with Crippen molar-refractivity contribution in [2.24, 2.45) is 0 Å². The first-order valence-electron chi connectivity index (χ1n) is 11.0. The van der Waals surface area contributed by atoms with Gasteiger partial charge in [0.2, 0.25) is 11.8 Å². The monoisotopic (exact) mass is 461 g/mol. The highest BCUT2D eigenvalue weighted by molar-refractivity contribution is 5.92. The number of hydrogen-bond donors (Lipinski definition) is 2. The van der Waals surface area contributed by atoms with Crippen molar-refractivity contribution >= 4 is 17.5 Å². The zero-order valence-electron chi connectivity index (χ0n) is 18.9. The SMILES string of the molecule is COc1ccc(CC(=O)Nc2ccc(C(O)C3COCC(=O)N3Cc3ccncc3)cc2)cc1. The van der Waals surface area contributed by atoms with E-state index in [0.717, 1.165) is 16.9 Å². The van der Waals surface area contributed by atoms with E-state index in [9.17, 15) is 14.7 Å². The third kappa shape index (κ3) is 5.78. The number of rotatable bonds is 8. The van der Waals surface area contributed by atoms with E-state index < -0.39 is 12.1 Å². The van der Waals surface area contributed by atoms with E-state index in [1.807, 2.05) is 36.4 Å². The van der Waals surface area contributed by atoms with Gasteiger partial charge in [-0.15, -0.1) is 0 Å². The van der Waals surface area contributed by atoms with Gasteiger partial charge in [0.25, 0.3) is 0 Å². The zero-order chi connectivity index (χ0) is 23.9. The highest BCUT2D eigenvalue weighted by Gasteiger charge is 2.34. The Hall–Kier alpha value is -3.75. The summed E-state index contributed by atoms with van der Waals surface area (Å²) in [6, 6.07) is 17.5. The number of aromatic nitrogens is 1. The van der Waals surface area contributed by atoms with Crippen molar-refractivity contribution in [1.82, 2.24) is 9.88 Å². The predicted molar refractivity (Wildman–Crippen MR) is 126 cm³/mol. The largest absolute Gasteiger partial charge is 0.497 e. The number of benzene rings is 2. The van der Waals surface area contributed by atoms with Gasteiger partial charge in [-0.25, -0.2) is 0 Å². The third-order valence-electron chi connectivity index (χ3n) is 5.76. The molecule has 2 heterocycles. The fourth-order valence-corrected chi connectivity index (χ4v) is 3.90. The molecule has 1 saturated heterocycles. The number of carbonyl (C=O) groups is 2. The molecular formula is C26H27N3O5. The molecule has 8 nitrogen and oxygen atoms in total. The van der Waals surface area contributed by atoms with Crippen LogP contribution in [0.4, 0.5) is 5.69 Å². The molecule has 1 aliphatic rings. The minimum atomic E-state index is -0.935. The smallest absolute Gasteiger partial charge is 0.249 e. The number of aliphatic hydroxyl groups is 1. The van der Waals surface area contributed by atoms with Gasteiger partial charge >= 0.3 is 0 Å². The van der Waals surface area contributed by atoms with E-state index in [2.05, 4.69) is 10.3 Å². The van der Waals surface area contributed by atoms with Gasteiger partial charge in [-0.05, 0) is 53.1 Å². The van der Waals surface area contributed by atoms with Gasteiger partial charge in [-0.1, -0.05) is 24.3 Å². The van der Waals surface area contributed by atoms with E-state index in [-0.39, 0.29) is 31.4 Å². The van der Waals surface area contributed by atoms with Gasteiger partial charge in [0.15, 0.2) is 0 Å². The van der Waals surface area contributed by atoms with Crippen LogP contribution in [0.15, 0.2) is 73.1 Å². The lowest BCUT2D eigenvalue weighted by atomic mass is 9.99. The molecule has 1 fully saturated rings. The number of hydrogen-bond acceptors (Lipinski definition) is 6. The average molecular weight is 462 g/mol. The van der Waals surface area contributed by atoms with Crippen LogP contribution in [-0.4, -0.2) is 53.2 Å². The first kappa shape index (κ1) is 23.4. The van der Waals surface area contributed by atoms with E-state index in [1.165, 1.54) is 0 Å². The van der Waals surface area contributed by atoms with Crippen LogP contribution in [0.1, 0.15) is 22.8 Å². The molecule has 4 rings (SSSR count). The first-order chi connectivity index (χ1) is 16.5. The number of ether oxygens (including phenoxy) is 2. The van der Waals surface area contributed by atoms with Crippen LogP contribution in [0.5, 0.6) is 5.75 Å². The Morgan fingerprint density at radius 3 is 2.50 bits per heavy atom. The van der Waals surface area contributed by atoms with Crippen LogP contribution in [-0.2, 0) is 27.3 Å². The number of pyridine rings is 1. The van der Waals surface area contributed by atoms with E-state index in [4.69, 9.17) is 9.47 Å². The summed E-state index contributed by atoms with van der Waals surface area (Å²) >= 11 is 0. The number of aliphatic hydroxyl groups excluding tert-OH is 1. The minimum Gasteiger partial charge on any atom is -0.497 e. The second kappa shape index (κ2) is 10.9. The van der Waals surface area contributed by atoms with Crippen molar-refractivity contribution in [2.45, 2.75) is 25.1 Å². The van der Waals surface area contributed by atoms with E-state index >= 15 is 0 Å². The van der Waals surface area contributed by atoms with Gasteiger partial charge in [-0.3, -0.25) is 14.6 Å². The molecule has 8 heteroatoms. The number of anilines is 1. The maximum Gasteiger partial charge on any atom is 0.249 e. The molecule has 0 spiro atoms. The molecule has 2 N–H and O–H groups in total. The number of morpholine rings is 1. The van der Waals surface area contributed by atoms with Gasteiger partial charge in [0, 0.05) is 24.6 Å². The lowest BCUT2D eigenvalue weighted by Crippen LogP contribution is -2.51. The second-order valence-corrected chi connectivity index (χ2v) is 8.10. The first-order valence-corrected chi connectivity index (χ1v) is 11.0. The normalized spacial score (nSPS) is 16.7. The highest BCUT2D eigenvalue weighted by Crippen LogP contribution is 2.26. The zero-order valence-corrected chi connectivity index (χ0v) is 18.9. The Labute approximate surface area is 198 Å². The van der Waals surface area contributed by atoms with Crippen molar-refractivity contribution in [3.05, 3.63) is 89.7 Å². The van der Waals surface area contributed by atoms with Crippen LogP contribution < -0.4 is 10.1 Å². The standard InChI is InChI=1S/C26H27N3O5/c1-33-22-8-2-18(3-9-22)14-24(30)28-21-6-4-20(5-7-21)26(32)23-16-34-17-25(31)29(23)15-19-10-12-27-13-11-19/h2-13,23,26,32H,14-17H2,1H3,(H,28,30). The van der Waals surface area contributed by atoms with Crippen LogP contribution in [0.2, 0.25) is 0 Å². The van der Waals surface area contributed by atoms with Gasteiger partial charge in [0.1, 0.15) is 18.5 Å². The molecule has 176 valence electrons. The molecule has 0 aliphatic carbocycles. The molecule has 0 bridgehead atoms. The predicted octanol–water partition coefficient (Wildman–Crippen LogP) is 2.73. The summed E-state index contributed by atoms with van der Waals surface area (Å²) in [4.78, 5) is 30.6. The molecule has 0 radical (unpaired) electrons. The van der Waals surface area contributed by atoms with Gasteiger partial charge in [0.05, 0.1) is 26.2 Å². The minimum absolute atomic E-state index is 0.00648.